The van der Waals surface area contributed by atoms with Crippen LogP contribution in [0.2, 0.25) is 0 Å². The average Bonchev–Trinajstić information content (AvgIpc) is 3.20. The predicted molar refractivity (Wildman–Crippen MR) is 82.5 cm³/mol. The standard InChI is InChI=1S/C16H17N5O/c22-16(12-2-1-3-13-15(12)20-10-19-13)18-9-11-4-6-21-7-5-17-14(21)8-11/h1-3,5,7,10-11H,4,6,8-9H2,(H,18,22)(H,19,20)/t11-/m1/s1. The van der Waals surface area contributed by atoms with E-state index in [9.17, 15) is 4.79 Å². The molecule has 112 valence electrons. The fourth-order valence-electron chi connectivity index (χ4n) is 3.07. The van der Waals surface area contributed by atoms with E-state index in [4.69, 9.17) is 0 Å². The highest BCUT2D eigenvalue weighted by molar-refractivity contribution is 6.04. The van der Waals surface area contributed by atoms with Crippen LogP contribution in [-0.2, 0) is 13.0 Å². The highest BCUT2D eigenvalue weighted by Gasteiger charge is 2.20. The number of para-hydroxylation sites is 1. The second kappa shape index (κ2) is 5.29. The molecule has 1 amide bonds. The van der Waals surface area contributed by atoms with Gasteiger partial charge in [-0.2, -0.15) is 0 Å². The van der Waals surface area contributed by atoms with Crippen LogP contribution >= 0.6 is 0 Å². The lowest BCUT2D eigenvalue weighted by atomic mass is 9.97. The van der Waals surface area contributed by atoms with Gasteiger partial charge in [0.1, 0.15) is 11.3 Å². The first kappa shape index (κ1) is 13.1. The van der Waals surface area contributed by atoms with Crippen LogP contribution in [0, 0.1) is 5.92 Å². The van der Waals surface area contributed by atoms with Crippen molar-refractivity contribution in [2.45, 2.75) is 19.4 Å². The van der Waals surface area contributed by atoms with E-state index in [0.29, 0.717) is 18.0 Å². The summed E-state index contributed by atoms with van der Waals surface area (Å²) in [4.78, 5) is 24.0. The van der Waals surface area contributed by atoms with Crippen molar-refractivity contribution < 1.29 is 4.79 Å². The topological polar surface area (TPSA) is 75.6 Å². The van der Waals surface area contributed by atoms with Crippen molar-refractivity contribution in [1.82, 2.24) is 24.8 Å². The molecular formula is C16H17N5O. The first-order chi connectivity index (χ1) is 10.8. The Bertz CT molecular complexity index is 819. The van der Waals surface area contributed by atoms with E-state index >= 15 is 0 Å². The maximum atomic E-state index is 12.4. The Morgan fingerprint density at radius 3 is 3.32 bits per heavy atom. The van der Waals surface area contributed by atoms with Crippen molar-refractivity contribution in [3.63, 3.8) is 0 Å². The molecule has 6 nitrogen and oxygen atoms in total. The first-order valence-electron chi connectivity index (χ1n) is 7.51. The molecule has 3 aromatic rings. The van der Waals surface area contributed by atoms with E-state index in [1.54, 1.807) is 6.33 Å². The molecule has 0 unspecified atom stereocenters. The SMILES string of the molecule is O=C(NC[C@@H]1CCn2ccnc2C1)c1cccc2[nH]cnc12. The molecule has 1 aliphatic heterocycles. The van der Waals surface area contributed by atoms with E-state index in [0.717, 1.165) is 36.2 Å². The van der Waals surface area contributed by atoms with Gasteiger partial charge < -0.3 is 14.9 Å². The van der Waals surface area contributed by atoms with Crippen molar-refractivity contribution in [2.75, 3.05) is 6.54 Å². The summed E-state index contributed by atoms with van der Waals surface area (Å²) in [5.74, 6) is 1.49. The van der Waals surface area contributed by atoms with Crippen LogP contribution in [0.15, 0.2) is 36.9 Å². The minimum absolute atomic E-state index is 0.0633. The minimum atomic E-state index is -0.0633. The Morgan fingerprint density at radius 2 is 2.36 bits per heavy atom. The van der Waals surface area contributed by atoms with Crippen LogP contribution < -0.4 is 5.32 Å². The van der Waals surface area contributed by atoms with Gasteiger partial charge in [-0.25, -0.2) is 9.97 Å². The lowest BCUT2D eigenvalue weighted by Gasteiger charge is -2.23. The Labute approximate surface area is 127 Å². The molecule has 2 N–H and O–H groups in total. The number of rotatable bonds is 3. The first-order valence-corrected chi connectivity index (χ1v) is 7.51. The Hall–Kier alpha value is -2.63. The number of aromatic amines is 1. The number of fused-ring (bicyclic) bond motifs is 2. The Balaban J connectivity index is 1.44. The third kappa shape index (κ3) is 2.26. The highest BCUT2D eigenvalue weighted by Crippen LogP contribution is 2.19. The van der Waals surface area contributed by atoms with Crippen LogP contribution in [0.1, 0.15) is 22.6 Å². The number of hydrogen-bond acceptors (Lipinski definition) is 3. The number of benzene rings is 1. The number of nitrogens with one attached hydrogen (secondary N) is 2. The molecule has 1 atom stereocenters. The number of hydrogen-bond donors (Lipinski definition) is 2. The molecule has 0 fully saturated rings. The normalized spacial score (nSPS) is 17.4. The number of carbonyl (C=O) groups excluding carboxylic acids is 1. The summed E-state index contributed by atoms with van der Waals surface area (Å²) in [6.07, 6.45) is 7.45. The van der Waals surface area contributed by atoms with Gasteiger partial charge in [-0.05, 0) is 24.5 Å². The van der Waals surface area contributed by atoms with Gasteiger partial charge >= 0.3 is 0 Å². The molecule has 3 heterocycles. The second-order valence-corrected chi connectivity index (χ2v) is 5.71. The van der Waals surface area contributed by atoms with Crippen LogP contribution in [-0.4, -0.2) is 32.0 Å². The third-order valence-electron chi connectivity index (χ3n) is 4.30. The van der Waals surface area contributed by atoms with Crippen molar-refractivity contribution in [3.8, 4) is 0 Å². The minimum Gasteiger partial charge on any atom is -0.352 e. The van der Waals surface area contributed by atoms with Gasteiger partial charge in [-0.3, -0.25) is 4.79 Å². The number of aromatic nitrogens is 4. The smallest absolute Gasteiger partial charge is 0.253 e. The van der Waals surface area contributed by atoms with Crippen molar-refractivity contribution in [2.24, 2.45) is 5.92 Å². The van der Waals surface area contributed by atoms with Gasteiger partial charge in [0.25, 0.3) is 5.91 Å². The third-order valence-corrected chi connectivity index (χ3v) is 4.30. The number of carbonyl (C=O) groups is 1. The zero-order chi connectivity index (χ0) is 14.9. The summed E-state index contributed by atoms with van der Waals surface area (Å²) in [5, 5.41) is 3.04. The molecule has 0 saturated carbocycles. The van der Waals surface area contributed by atoms with Gasteiger partial charge in [0.2, 0.25) is 0 Å². The molecule has 0 radical (unpaired) electrons. The maximum Gasteiger partial charge on any atom is 0.253 e. The summed E-state index contributed by atoms with van der Waals surface area (Å²) >= 11 is 0. The number of H-pyrrole nitrogens is 1. The number of aryl methyl sites for hydroxylation is 1. The Morgan fingerprint density at radius 1 is 1.41 bits per heavy atom. The average molecular weight is 295 g/mol. The van der Waals surface area contributed by atoms with E-state index in [-0.39, 0.29) is 5.91 Å². The summed E-state index contributed by atoms with van der Waals surface area (Å²) in [5.41, 5.74) is 2.22. The molecule has 22 heavy (non-hydrogen) atoms. The van der Waals surface area contributed by atoms with Crippen LogP contribution in [0.3, 0.4) is 0 Å². The van der Waals surface area contributed by atoms with Crippen LogP contribution in [0.5, 0.6) is 0 Å². The largest absolute Gasteiger partial charge is 0.352 e. The van der Waals surface area contributed by atoms with E-state index in [1.165, 1.54) is 0 Å². The van der Waals surface area contributed by atoms with E-state index in [2.05, 4.69) is 24.8 Å². The lowest BCUT2D eigenvalue weighted by Crippen LogP contribution is -2.33. The molecule has 1 aromatic carbocycles. The van der Waals surface area contributed by atoms with Crippen molar-refractivity contribution in [3.05, 3.63) is 48.3 Å². The van der Waals surface area contributed by atoms with Crippen LogP contribution in [0.25, 0.3) is 11.0 Å². The molecule has 0 aliphatic carbocycles. The highest BCUT2D eigenvalue weighted by atomic mass is 16.1. The zero-order valence-electron chi connectivity index (χ0n) is 12.1. The lowest BCUT2D eigenvalue weighted by molar-refractivity contribution is 0.0946. The molecule has 0 spiro atoms. The summed E-state index contributed by atoms with van der Waals surface area (Å²) in [6.45, 7) is 1.65. The number of imidazole rings is 2. The maximum absolute atomic E-state index is 12.4. The van der Waals surface area contributed by atoms with Gasteiger partial charge in [0, 0.05) is 31.9 Å². The fourth-order valence-corrected chi connectivity index (χ4v) is 3.07. The number of nitrogens with zero attached hydrogens (tertiary/aromatic N) is 3. The molecule has 2 aromatic heterocycles. The molecule has 6 heteroatoms. The zero-order valence-corrected chi connectivity index (χ0v) is 12.1. The second-order valence-electron chi connectivity index (χ2n) is 5.71. The monoisotopic (exact) mass is 295 g/mol. The molecule has 1 aliphatic rings. The van der Waals surface area contributed by atoms with Crippen molar-refractivity contribution in [1.29, 1.82) is 0 Å². The molecule has 0 saturated heterocycles. The molecular weight excluding hydrogens is 278 g/mol. The predicted octanol–water partition coefficient (Wildman–Crippen LogP) is 1.75. The van der Waals surface area contributed by atoms with Gasteiger partial charge in [0.15, 0.2) is 0 Å². The Kier molecular flexibility index (Phi) is 3.14. The molecule has 4 rings (SSSR count). The van der Waals surface area contributed by atoms with E-state index < -0.39 is 0 Å². The van der Waals surface area contributed by atoms with Gasteiger partial charge in [-0.1, -0.05) is 6.07 Å². The van der Waals surface area contributed by atoms with E-state index in [1.807, 2.05) is 30.6 Å². The summed E-state index contributed by atoms with van der Waals surface area (Å²) < 4.78 is 2.18. The van der Waals surface area contributed by atoms with Gasteiger partial charge in [-0.15, -0.1) is 0 Å². The van der Waals surface area contributed by atoms with Crippen molar-refractivity contribution >= 4 is 16.9 Å². The summed E-state index contributed by atoms with van der Waals surface area (Å²) in [6, 6.07) is 5.60. The quantitative estimate of drug-likeness (QED) is 0.773. The van der Waals surface area contributed by atoms with Gasteiger partial charge in [0.05, 0.1) is 17.4 Å². The van der Waals surface area contributed by atoms with Crippen LogP contribution in [0.4, 0.5) is 0 Å². The fraction of sp³-hybridized carbons (Fsp3) is 0.312. The summed E-state index contributed by atoms with van der Waals surface area (Å²) in [7, 11) is 0. The number of amides is 1. The molecule has 0 bridgehead atoms.